The van der Waals surface area contributed by atoms with Gasteiger partial charge < -0.3 is 15.0 Å². The molecule has 3 aliphatic rings. The highest BCUT2D eigenvalue weighted by Crippen LogP contribution is 2.38. The number of nitrogens with one attached hydrogen (secondary N) is 1. The zero-order valence-corrected chi connectivity index (χ0v) is 16.9. The number of urea groups is 1. The van der Waals surface area contributed by atoms with Gasteiger partial charge in [-0.3, -0.25) is 9.69 Å². The van der Waals surface area contributed by atoms with E-state index in [4.69, 9.17) is 4.74 Å². The molecule has 0 radical (unpaired) electrons. The normalized spacial score (nSPS) is 30.0. The molecular formula is C19H32N4O4. The smallest absolute Gasteiger partial charge is 0.410 e. The van der Waals surface area contributed by atoms with Crippen molar-refractivity contribution in [2.24, 2.45) is 5.92 Å². The number of hydrogen-bond acceptors (Lipinski definition) is 5. The number of rotatable bonds is 2. The van der Waals surface area contributed by atoms with Crippen molar-refractivity contribution in [2.45, 2.75) is 64.5 Å². The van der Waals surface area contributed by atoms with E-state index in [0.717, 1.165) is 25.7 Å². The van der Waals surface area contributed by atoms with E-state index >= 15 is 0 Å². The van der Waals surface area contributed by atoms with E-state index in [9.17, 15) is 14.4 Å². The number of nitrogens with zero attached hydrogens (tertiary/aromatic N) is 3. The van der Waals surface area contributed by atoms with Crippen LogP contribution < -0.4 is 5.32 Å². The molecule has 3 rings (SSSR count). The molecule has 152 valence electrons. The van der Waals surface area contributed by atoms with Gasteiger partial charge >= 0.3 is 12.1 Å². The van der Waals surface area contributed by atoms with Crippen molar-refractivity contribution < 1.29 is 19.1 Å². The third-order valence-electron chi connectivity index (χ3n) is 5.87. The van der Waals surface area contributed by atoms with Crippen LogP contribution in [0.4, 0.5) is 9.59 Å². The van der Waals surface area contributed by atoms with E-state index in [1.165, 1.54) is 4.90 Å². The molecule has 2 atom stereocenters. The summed E-state index contributed by atoms with van der Waals surface area (Å²) in [5.74, 6) is 0.0750. The van der Waals surface area contributed by atoms with E-state index < -0.39 is 11.1 Å². The van der Waals surface area contributed by atoms with Crippen molar-refractivity contribution >= 4 is 18.0 Å². The van der Waals surface area contributed by atoms with Crippen LogP contribution in [0.3, 0.4) is 0 Å². The van der Waals surface area contributed by atoms with E-state index in [1.807, 2.05) is 25.7 Å². The lowest BCUT2D eigenvalue weighted by atomic mass is 9.73. The highest BCUT2D eigenvalue weighted by molar-refractivity contribution is 6.07. The molecule has 1 N–H and O–H groups in total. The van der Waals surface area contributed by atoms with Gasteiger partial charge in [-0.2, -0.15) is 0 Å². The fourth-order valence-corrected chi connectivity index (χ4v) is 4.22. The Balaban J connectivity index is 1.55. The van der Waals surface area contributed by atoms with E-state index in [1.54, 1.807) is 4.90 Å². The molecule has 0 unspecified atom stereocenters. The fraction of sp³-hybridized carbons (Fsp3) is 0.842. The van der Waals surface area contributed by atoms with Crippen molar-refractivity contribution in [1.29, 1.82) is 0 Å². The number of amides is 4. The Morgan fingerprint density at radius 1 is 1.19 bits per heavy atom. The molecule has 2 saturated heterocycles. The second-order valence-electron chi connectivity index (χ2n) is 9.01. The van der Waals surface area contributed by atoms with Crippen molar-refractivity contribution in [3.8, 4) is 0 Å². The molecule has 3 fully saturated rings. The largest absolute Gasteiger partial charge is 0.444 e. The van der Waals surface area contributed by atoms with Gasteiger partial charge in [0, 0.05) is 26.2 Å². The SMILES string of the molecule is C[C@@H]1CCCC[C@]12NC(=O)N(CN1CCN(C(=O)OC(C)(C)C)CC1)C2=O. The standard InChI is InChI=1S/C19H32N4O4/c1-14-7-5-6-8-19(14)15(24)23(16(25)20-19)13-21-9-11-22(12-10-21)17(26)27-18(2,3)4/h14H,5-13H2,1-4H3,(H,20,25)/t14-,19+/m1/s1. The molecule has 4 amide bonds. The zero-order chi connectivity index (χ0) is 19.8. The van der Waals surface area contributed by atoms with Gasteiger partial charge in [0.15, 0.2) is 0 Å². The Bertz CT molecular complexity index is 609. The van der Waals surface area contributed by atoms with Gasteiger partial charge in [-0.15, -0.1) is 0 Å². The van der Waals surface area contributed by atoms with E-state index in [-0.39, 0.29) is 30.6 Å². The minimum absolute atomic E-state index is 0.0886. The highest BCUT2D eigenvalue weighted by atomic mass is 16.6. The van der Waals surface area contributed by atoms with Crippen LogP contribution in [0.2, 0.25) is 0 Å². The first-order chi connectivity index (χ1) is 12.6. The number of piperazine rings is 1. The van der Waals surface area contributed by atoms with Crippen LogP contribution in [0.1, 0.15) is 53.4 Å². The molecule has 1 aliphatic carbocycles. The maximum absolute atomic E-state index is 13.0. The van der Waals surface area contributed by atoms with Crippen LogP contribution in [0.5, 0.6) is 0 Å². The molecule has 2 heterocycles. The van der Waals surface area contributed by atoms with Gasteiger partial charge in [-0.1, -0.05) is 19.8 Å². The number of carbonyl (C=O) groups is 3. The number of hydrogen-bond donors (Lipinski definition) is 1. The van der Waals surface area contributed by atoms with Crippen LogP contribution in [-0.4, -0.2) is 76.7 Å². The van der Waals surface area contributed by atoms with Gasteiger partial charge in [0.25, 0.3) is 5.91 Å². The molecular weight excluding hydrogens is 348 g/mol. The quantitative estimate of drug-likeness (QED) is 0.741. The Morgan fingerprint density at radius 2 is 1.85 bits per heavy atom. The summed E-state index contributed by atoms with van der Waals surface area (Å²) in [4.78, 5) is 42.8. The van der Waals surface area contributed by atoms with Crippen LogP contribution in [0.15, 0.2) is 0 Å². The predicted octanol–water partition coefficient (Wildman–Crippen LogP) is 2.00. The van der Waals surface area contributed by atoms with Crippen LogP contribution in [0, 0.1) is 5.92 Å². The molecule has 0 aromatic heterocycles. The number of imide groups is 1. The molecule has 0 aromatic carbocycles. The summed E-state index contributed by atoms with van der Waals surface area (Å²) in [5, 5.41) is 2.99. The topological polar surface area (TPSA) is 82.2 Å². The Kier molecular flexibility index (Phi) is 5.38. The lowest BCUT2D eigenvalue weighted by Gasteiger charge is -2.38. The average Bonchev–Trinajstić information content (AvgIpc) is 2.82. The summed E-state index contributed by atoms with van der Waals surface area (Å²) in [6.07, 6.45) is 3.46. The average molecular weight is 380 g/mol. The molecule has 0 bridgehead atoms. The summed E-state index contributed by atoms with van der Waals surface area (Å²) in [7, 11) is 0. The summed E-state index contributed by atoms with van der Waals surface area (Å²) in [6.45, 7) is 10.2. The van der Waals surface area contributed by atoms with Crippen molar-refractivity contribution in [1.82, 2.24) is 20.0 Å². The van der Waals surface area contributed by atoms with Crippen LogP contribution >= 0.6 is 0 Å². The maximum atomic E-state index is 13.0. The number of carbonyl (C=O) groups excluding carboxylic acids is 3. The molecule has 0 aromatic rings. The van der Waals surface area contributed by atoms with Gasteiger partial charge in [0.1, 0.15) is 11.1 Å². The predicted molar refractivity (Wildman–Crippen MR) is 100.0 cm³/mol. The molecule has 1 saturated carbocycles. The van der Waals surface area contributed by atoms with Crippen LogP contribution in [0.25, 0.3) is 0 Å². The first-order valence-electron chi connectivity index (χ1n) is 9.97. The minimum Gasteiger partial charge on any atom is -0.444 e. The molecule has 1 spiro atoms. The van der Waals surface area contributed by atoms with Gasteiger partial charge in [0.2, 0.25) is 0 Å². The molecule has 2 aliphatic heterocycles. The Hall–Kier alpha value is -1.83. The van der Waals surface area contributed by atoms with Crippen molar-refractivity contribution in [3.05, 3.63) is 0 Å². The third kappa shape index (κ3) is 4.05. The minimum atomic E-state index is -0.715. The second kappa shape index (κ2) is 7.30. The number of ether oxygens (including phenoxy) is 1. The summed E-state index contributed by atoms with van der Waals surface area (Å²) in [6, 6.07) is -0.289. The first-order valence-corrected chi connectivity index (χ1v) is 9.97. The zero-order valence-electron chi connectivity index (χ0n) is 16.9. The van der Waals surface area contributed by atoms with Gasteiger partial charge in [0.05, 0.1) is 6.67 Å². The lowest BCUT2D eigenvalue weighted by molar-refractivity contribution is -0.136. The molecule has 8 heteroatoms. The Morgan fingerprint density at radius 3 is 2.44 bits per heavy atom. The summed E-state index contributed by atoms with van der Waals surface area (Å²) in [5.41, 5.74) is -1.23. The molecule has 27 heavy (non-hydrogen) atoms. The Labute approximate surface area is 161 Å². The van der Waals surface area contributed by atoms with Gasteiger partial charge in [-0.05, 0) is 39.5 Å². The first kappa shape index (κ1) is 19.9. The fourth-order valence-electron chi connectivity index (χ4n) is 4.22. The van der Waals surface area contributed by atoms with E-state index in [0.29, 0.717) is 26.2 Å². The highest BCUT2D eigenvalue weighted by Gasteiger charge is 2.55. The third-order valence-corrected chi connectivity index (χ3v) is 5.87. The maximum Gasteiger partial charge on any atom is 0.410 e. The second-order valence-corrected chi connectivity index (χ2v) is 9.01. The monoisotopic (exact) mass is 380 g/mol. The summed E-state index contributed by atoms with van der Waals surface area (Å²) < 4.78 is 5.41. The van der Waals surface area contributed by atoms with Crippen LogP contribution in [-0.2, 0) is 9.53 Å². The summed E-state index contributed by atoms with van der Waals surface area (Å²) >= 11 is 0. The molecule has 8 nitrogen and oxygen atoms in total. The van der Waals surface area contributed by atoms with Gasteiger partial charge in [-0.25, -0.2) is 14.5 Å². The van der Waals surface area contributed by atoms with Crippen molar-refractivity contribution in [2.75, 3.05) is 32.8 Å². The van der Waals surface area contributed by atoms with Crippen molar-refractivity contribution in [3.63, 3.8) is 0 Å². The lowest BCUT2D eigenvalue weighted by Crippen LogP contribution is -2.55. The van der Waals surface area contributed by atoms with E-state index in [2.05, 4.69) is 12.2 Å².